The van der Waals surface area contributed by atoms with Gasteiger partial charge < -0.3 is 15.6 Å². The number of carbonyl (C=O) groups is 1. The van der Waals surface area contributed by atoms with Gasteiger partial charge in [0.05, 0.1) is 5.69 Å². The first-order valence-electron chi connectivity index (χ1n) is 5.05. The predicted molar refractivity (Wildman–Crippen MR) is 64.2 cm³/mol. The van der Waals surface area contributed by atoms with Crippen LogP contribution in [0.3, 0.4) is 0 Å². The fourth-order valence-corrected chi connectivity index (χ4v) is 1.52. The van der Waals surface area contributed by atoms with Gasteiger partial charge in [-0.15, -0.1) is 0 Å². The molecule has 0 aliphatic carbocycles. The van der Waals surface area contributed by atoms with Gasteiger partial charge in [0, 0.05) is 18.9 Å². The maximum absolute atomic E-state index is 13.4. The number of nitrogens with two attached hydrogens (primary N) is 1. The first kappa shape index (κ1) is 11.2. The Morgan fingerprint density at radius 1 is 1.41 bits per heavy atom. The summed E-state index contributed by atoms with van der Waals surface area (Å²) in [5, 5.41) is 2.48. The Morgan fingerprint density at radius 2 is 2.18 bits per heavy atom. The largest absolute Gasteiger partial charge is 0.399 e. The van der Waals surface area contributed by atoms with Gasteiger partial charge >= 0.3 is 0 Å². The number of nitrogens with zero attached hydrogens (tertiary/aromatic N) is 1. The quantitative estimate of drug-likeness (QED) is 0.779. The number of halogens is 1. The average molecular weight is 233 g/mol. The molecule has 2 rings (SSSR count). The highest BCUT2D eigenvalue weighted by Gasteiger charge is 2.11. The summed E-state index contributed by atoms with van der Waals surface area (Å²) in [6.07, 6.45) is 1.74. The Balaban J connectivity index is 2.24. The molecule has 0 unspecified atom stereocenters. The summed E-state index contributed by atoms with van der Waals surface area (Å²) in [7, 11) is 1.74. The predicted octanol–water partition coefficient (Wildman–Crippen LogP) is 2.00. The van der Waals surface area contributed by atoms with Crippen molar-refractivity contribution >= 4 is 17.3 Å². The molecule has 0 fully saturated rings. The van der Waals surface area contributed by atoms with E-state index in [1.54, 1.807) is 29.9 Å². The van der Waals surface area contributed by atoms with Crippen LogP contribution >= 0.6 is 0 Å². The number of benzene rings is 1. The fourth-order valence-electron chi connectivity index (χ4n) is 1.52. The first-order chi connectivity index (χ1) is 8.08. The van der Waals surface area contributed by atoms with E-state index in [1.807, 2.05) is 0 Å². The fraction of sp³-hybridized carbons (Fsp3) is 0.0833. The first-order valence-corrected chi connectivity index (χ1v) is 5.05. The smallest absolute Gasteiger partial charge is 0.272 e. The number of amides is 1. The highest BCUT2D eigenvalue weighted by atomic mass is 19.1. The van der Waals surface area contributed by atoms with Gasteiger partial charge in [-0.25, -0.2) is 4.39 Å². The van der Waals surface area contributed by atoms with Gasteiger partial charge in [-0.2, -0.15) is 0 Å². The Hall–Kier alpha value is -2.30. The second kappa shape index (κ2) is 4.29. The maximum Gasteiger partial charge on any atom is 0.272 e. The highest BCUT2D eigenvalue weighted by Crippen LogP contribution is 2.18. The lowest BCUT2D eigenvalue weighted by molar-refractivity contribution is 0.101. The lowest BCUT2D eigenvalue weighted by Crippen LogP contribution is -2.16. The second-order valence-electron chi connectivity index (χ2n) is 3.70. The summed E-state index contributed by atoms with van der Waals surface area (Å²) in [6, 6.07) is 7.43. The molecule has 0 saturated heterocycles. The third-order valence-electron chi connectivity index (χ3n) is 2.42. The van der Waals surface area contributed by atoms with Gasteiger partial charge in [0.15, 0.2) is 0 Å². The molecule has 0 radical (unpaired) electrons. The average Bonchev–Trinajstić information content (AvgIpc) is 2.70. The van der Waals surface area contributed by atoms with Crippen molar-refractivity contribution in [2.45, 2.75) is 0 Å². The van der Waals surface area contributed by atoms with E-state index in [9.17, 15) is 9.18 Å². The van der Waals surface area contributed by atoms with Crippen LogP contribution in [-0.4, -0.2) is 10.5 Å². The van der Waals surface area contributed by atoms with Crippen molar-refractivity contribution in [3.8, 4) is 0 Å². The zero-order chi connectivity index (χ0) is 12.4. The highest BCUT2D eigenvalue weighted by molar-refractivity contribution is 6.03. The molecule has 88 valence electrons. The number of rotatable bonds is 2. The minimum atomic E-state index is -0.512. The van der Waals surface area contributed by atoms with E-state index < -0.39 is 5.82 Å². The number of hydrogen-bond donors (Lipinski definition) is 2. The van der Waals surface area contributed by atoms with Gasteiger partial charge in [0.1, 0.15) is 11.5 Å². The van der Waals surface area contributed by atoms with Gasteiger partial charge in [-0.05, 0) is 30.3 Å². The zero-order valence-electron chi connectivity index (χ0n) is 9.27. The zero-order valence-corrected chi connectivity index (χ0v) is 9.27. The van der Waals surface area contributed by atoms with Gasteiger partial charge in [0.2, 0.25) is 0 Å². The van der Waals surface area contributed by atoms with Crippen molar-refractivity contribution in [3.63, 3.8) is 0 Å². The summed E-state index contributed by atoms with van der Waals surface area (Å²) in [6.45, 7) is 0. The Labute approximate surface area is 97.9 Å². The molecule has 1 aromatic carbocycles. The Morgan fingerprint density at radius 3 is 2.82 bits per heavy atom. The van der Waals surface area contributed by atoms with Crippen molar-refractivity contribution < 1.29 is 9.18 Å². The SMILES string of the molecule is Cn1cccc1C(=O)Nc1cc(N)ccc1F. The molecule has 5 heteroatoms. The molecule has 3 N–H and O–H groups in total. The molecule has 1 aromatic heterocycles. The lowest BCUT2D eigenvalue weighted by Gasteiger charge is -2.07. The van der Waals surface area contributed by atoms with Crippen LogP contribution in [0.2, 0.25) is 0 Å². The lowest BCUT2D eigenvalue weighted by atomic mass is 10.2. The molecule has 17 heavy (non-hydrogen) atoms. The molecule has 1 heterocycles. The number of aryl methyl sites for hydroxylation is 1. The van der Waals surface area contributed by atoms with Crippen LogP contribution in [0.15, 0.2) is 36.5 Å². The normalized spacial score (nSPS) is 10.2. The molecule has 0 aliphatic rings. The van der Waals surface area contributed by atoms with Crippen LogP contribution in [-0.2, 0) is 7.05 Å². The van der Waals surface area contributed by atoms with Crippen LogP contribution in [0.5, 0.6) is 0 Å². The van der Waals surface area contributed by atoms with Gasteiger partial charge in [-0.3, -0.25) is 4.79 Å². The van der Waals surface area contributed by atoms with E-state index in [0.29, 0.717) is 11.4 Å². The second-order valence-corrected chi connectivity index (χ2v) is 3.70. The van der Waals surface area contributed by atoms with E-state index in [4.69, 9.17) is 5.73 Å². The summed E-state index contributed by atoms with van der Waals surface area (Å²) in [5.74, 6) is -0.885. The van der Waals surface area contributed by atoms with Crippen molar-refractivity contribution in [3.05, 3.63) is 48.0 Å². The van der Waals surface area contributed by atoms with Crippen LogP contribution in [0, 0.1) is 5.82 Å². The summed E-state index contributed by atoms with van der Waals surface area (Å²) < 4.78 is 15.0. The molecule has 0 saturated carbocycles. The van der Waals surface area contributed by atoms with Crippen LogP contribution < -0.4 is 11.1 Å². The number of aromatic nitrogens is 1. The van der Waals surface area contributed by atoms with E-state index in [1.165, 1.54) is 18.2 Å². The molecular weight excluding hydrogens is 221 g/mol. The summed E-state index contributed by atoms with van der Waals surface area (Å²) in [5.41, 5.74) is 6.46. The van der Waals surface area contributed by atoms with Crippen molar-refractivity contribution in [2.24, 2.45) is 7.05 Å². The van der Waals surface area contributed by atoms with E-state index in [0.717, 1.165) is 0 Å². The minimum absolute atomic E-state index is 0.0798. The van der Waals surface area contributed by atoms with Crippen LogP contribution in [0.25, 0.3) is 0 Å². The summed E-state index contributed by atoms with van der Waals surface area (Å²) in [4.78, 5) is 11.8. The maximum atomic E-state index is 13.4. The van der Waals surface area contributed by atoms with Crippen LogP contribution in [0.1, 0.15) is 10.5 Å². The van der Waals surface area contributed by atoms with Crippen LogP contribution in [0.4, 0.5) is 15.8 Å². The molecule has 0 aliphatic heterocycles. The number of anilines is 2. The standard InChI is InChI=1S/C12H12FN3O/c1-16-6-2-3-11(16)12(17)15-10-7-8(14)4-5-9(10)13/h2-7H,14H2,1H3,(H,15,17). The Bertz CT molecular complexity index is 563. The van der Waals surface area contributed by atoms with E-state index in [2.05, 4.69) is 5.32 Å². The molecule has 1 amide bonds. The number of carbonyl (C=O) groups excluding carboxylic acids is 1. The van der Waals surface area contributed by atoms with Gasteiger partial charge in [0.25, 0.3) is 5.91 Å². The molecule has 2 aromatic rings. The van der Waals surface area contributed by atoms with Crippen molar-refractivity contribution in [1.29, 1.82) is 0 Å². The number of nitrogen functional groups attached to an aromatic ring is 1. The summed E-state index contributed by atoms with van der Waals surface area (Å²) >= 11 is 0. The number of hydrogen-bond acceptors (Lipinski definition) is 2. The molecule has 0 bridgehead atoms. The van der Waals surface area contributed by atoms with E-state index in [-0.39, 0.29) is 11.6 Å². The Kier molecular flexibility index (Phi) is 2.82. The van der Waals surface area contributed by atoms with Gasteiger partial charge in [-0.1, -0.05) is 0 Å². The monoisotopic (exact) mass is 233 g/mol. The van der Waals surface area contributed by atoms with E-state index >= 15 is 0 Å². The number of nitrogens with one attached hydrogen (secondary N) is 1. The topological polar surface area (TPSA) is 60.0 Å². The molecular formula is C12H12FN3O. The minimum Gasteiger partial charge on any atom is -0.399 e. The third-order valence-corrected chi connectivity index (χ3v) is 2.42. The molecule has 4 nitrogen and oxygen atoms in total. The van der Waals surface area contributed by atoms with Crippen molar-refractivity contribution in [1.82, 2.24) is 4.57 Å². The molecule has 0 atom stereocenters. The molecule has 0 spiro atoms. The van der Waals surface area contributed by atoms with Crippen molar-refractivity contribution in [2.75, 3.05) is 11.1 Å². The third kappa shape index (κ3) is 2.28.